The van der Waals surface area contributed by atoms with Crippen molar-refractivity contribution in [3.8, 4) is 5.75 Å². The van der Waals surface area contributed by atoms with Gasteiger partial charge in [-0.15, -0.1) is 0 Å². The molecule has 0 radical (unpaired) electrons. The molecule has 1 unspecified atom stereocenters. The zero-order valence-corrected chi connectivity index (χ0v) is 9.89. The van der Waals surface area contributed by atoms with Crippen LogP contribution in [0.4, 0.5) is 0 Å². The first-order valence-corrected chi connectivity index (χ1v) is 5.99. The fourth-order valence-corrected chi connectivity index (χ4v) is 2.37. The van der Waals surface area contributed by atoms with E-state index in [1.807, 2.05) is 12.1 Å². The second-order valence-electron chi connectivity index (χ2n) is 4.70. The first kappa shape index (κ1) is 11.9. The molecule has 4 nitrogen and oxygen atoms in total. The van der Waals surface area contributed by atoms with Crippen LogP contribution in [0.15, 0.2) is 24.3 Å². The van der Waals surface area contributed by atoms with Crippen molar-refractivity contribution in [2.45, 2.75) is 19.4 Å². The summed E-state index contributed by atoms with van der Waals surface area (Å²) in [6.45, 7) is 2.71. The number of nitrogens with two attached hydrogens (primary N) is 1. The van der Waals surface area contributed by atoms with Crippen LogP contribution in [0.25, 0.3) is 0 Å². The van der Waals surface area contributed by atoms with Gasteiger partial charge in [-0.25, -0.2) is 0 Å². The Kier molecular flexibility index (Phi) is 3.64. The molecule has 0 aromatic heterocycles. The van der Waals surface area contributed by atoms with Crippen LogP contribution < -0.4 is 5.73 Å². The number of rotatable bonds is 3. The van der Waals surface area contributed by atoms with E-state index >= 15 is 0 Å². The summed E-state index contributed by atoms with van der Waals surface area (Å²) in [5.74, 6) is 0.800. The molecule has 0 aliphatic carbocycles. The van der Waals surface area contributed by atoms with E-state index in [-0.39, 0.29) is 5.92 Å². The molecule has 1 atom stereocenters. The van der Waals surface area contributed by atoms with Crippen molar-refractivity contribution in [1.29, 1.82) is 5.41 Å². The molecule has 0 saturated carbocycles. The first-order valence-electron chi connectivity index (χ1n) is 5.99. The van der Waals surface area contributed by atoms with E-state index in [0.29, 0.717) is 11.6 Å². The summed E-state index contributed by atoms with van der Waals surface area (Å²) in [7, 11) is 0. The molecule has 92 valence electrons. The third-order valence-electron chi connectivity index (χ3n) is 3.26. The van der Waals surface area contributed by atoms with Crippen molar-refractivity contribution in [3.63, 3.8) is 0 Å². The van der Waals surface area contributed by atoms with Gasteiger partial charge in [0, 0.05) is 19.0 Å². The van der Waals surface area contributed by atoms with Gasteiger partial charge in [0.05, 0.1) is 5.84 Å². The number of benzene rings is 1. The zero-order chi connectivity index (χ0) is 12.3. The van der Waals surface area contributed by atoms with Gasteiger partial charge >= 0.3 is 0 Å². The van der Waals surface area contributed by atoms with Crippen LogP contribution in [-0.4, -0.2) is 28.9 Å². The Bertz CT molecular complexity index is 405. The van der Waals surface area contributed by atoms with E-state index < -0.39 is 0 Å². The lowest BCUT2D eigenvalue weighted by Gasteiger charge is -2.32. The maximum Gasteiger partial charge on any atom is 0.115 e. The summed E-state index contributed by atoms with van der Waals surface area (Å²) in [5.41, 5.74) is 6.67. The number of phenols is 1. The third kappa shape index (κ3) is 3.20. The SMILES string of the molecule is N=C(N)C1CCCN(Cc2cccc(O)c2)C1. The molecule has 4 heteroatoms. The van der Waals surface area contributed by atoms with E-state index in [9.17, 15) is 5.11 Å². The highest BCUT2D eigenvalue weighted by Crippen LogP contribution is 2.19. The molecule has 1 aromatic carbocycles. The minimum atomic E-state index is 0.195. The highest BCUT2D eigenvalue weighted by molar-refractivity contribution is 5.79. The number of hydrogen-bond donors (Lipinski definition) is 3. The summed E-state index contributed by atoms with van der Waals surface area (Å²) < 4.78 is 0. The minimum absolute atomic E-state index is 0.195. The maximum absolute atomic E-state index is 9.41. The van der Waals surface area contributed by atoms with Crippen LogP contribution in [0.5, 0.6) is 5.75 Å². The standard InChI is InChI=1S/C13H19N3O/c14-13(15)11-4-2-6-16(9-11)8-10-3-1-5-12(17)7-10/h1,3,5,7,11,17H,2,4,6,8-9H2,(H3,14,15). The van der Waals surface area contributed by atoms with Crippen LogP contribution in [0.3, 0.4) is 0 Å². The highest BCUT2D eigenvalue weighted by atomic mass is 16.3. The Morgan fingerprint density at radius 1 is 1.53 bits per heavy atom. The summed E-state index contributed by atoms with van der Waals surface area (Å²) in [4.78, 5) is 2.30. The number of amidine groups is 1. The van der Waals surface area contributed by atoms with Crippen molar-refractivity contribution in [1.82, 2.24) is 4.90 Å². The topological polar surface area (TPSA) is 73.3 Å². The lowest BCUT2D eigenvalue weighted by atomic mass is 9.96. The predicted octanol–water partition coefficient (Wildman–Crippen LogP) is 1.54. The van der Waals surface area contributed by atoms with Crippen LogP contribution in [-0.2, 0) is 6.54 Å². The van der Waals surface area contributed by atoms with E-state index in [1.165, 1.54) is 0 Å². The van der Waals surface area contributed by atoms with Gasteiger partial charge in [0.2, 0.25) is 0 Å². The average Bonchev–Trinajstić information content (AvgIpc) is 2.29. The normalized spacial score (nSPS) is 21.3. The molecule has 17 heavy (non-hydrogen) atoms. The van der Waals surface area contributed by atoms with Gasteiger partial charge in [0.1, 0.15) is 5.75 Å². The van der Waals surface area contributed by atoms with Crippen molar-refractivity contribution >= 4 is 5.84 Å². The predicted molar refractivity (Wildman–Crippen MR) is 68.0 cm³/mol. The molecule has 1 aromatic rings. The summed E-state index contributed by atoms with van der Waals surface area (Å²) in [6, 6.07) is 7.34. The highest BCUT2D eigenvalue weighted by Gasteiger charge is 2.21. The molecule has 1 aliphatic heterocycles. The van der Waals surface area contributed by atoms with Gasteiger partial charge in [-0.3, -0.25) is 10.3 Å². The molecular weight excluding hydrogens is 214 g/mol. The molecule has 1 fully saturated rings. The van der Waals surface area contributed by atoms with Crippen molar-refractivity contribution in [2.75, 3.05) is 13.1 Å². The second kappa shape index (κ2) is 5.19. The quantitative estimate of drug-likeness (QED) is 0.547. The van der Waals surface area contributed by atoms with Crippen molar-refractivity contribution < 1.29 is 5.11 Å². The zero-order valence-electron chi connectivity index (χ0n) is 9.89. The number of nitrogens with zero attached hydrogens (tertiary/aromatic N) is 1. The number of piperidine rings is 1. The summed E-state index contributed by atoms with van der Waals surface area (Å²) in [5, 5.41) is 16.9. The molecular formula is C13H19N3O. The first-order chi connectivity index (χ1) is 8.15. The number of likely N-dealkylation sites (tertiary alicyclic amines) is 1. The number of hydrogen-bond acceptors (Lipinski definition) is 3. The van der Waals surface area contributed by atoms with Gasteiger partial charge < -0.3 is 10.8 Å². The van der Waals surface area contributed by atoms with Gasteiger partial charge in [0.15, 0.2) is 0 Å². The largest absolute Gasteiger partial charge is 0.508 e. The maximum atomic E-state index is 9.41. The van der Waals surface area contributed by atoms with E-state index in [0.717, 1.165) is 38.0 Å². The van der Waals surface area contributed by atoms with Gasteiger partial charge in [-0.1, -0.05) is 12.1 Å². The Morgan fingerprint density at radius 3 is 3.06 bits per heavy atom. The third-order valence-corrected chi connectivity index (χ3v) is 3.26. The van der Waals surface area contributed by atoms with Crippen LogP contribution in [0, 0.1) is 11.3 Å². The molecule has 0 spiro atoms. The van der Waals surface area contributed by atoms with Gasteiger partial charge in [-0.05, 0) is 37.1 Å². The molecule has 4 N–H and O–H groups in total. The smallest absolute Gasteiger partial charge is 0.115 e. The van der Waals surface area contributed by atoms with E-state index in [2.05, 4.69) is 4.90 Å². The molecule has 0 bridgehead atoms. The van der Waals surface area contributed by atoms with E-state index in [4.69, 9.17) is 11.1 Å². The van der Waals surface area contributed by atoms with Gasteiger partial charge in [0.25, 0.3) is 0 Å². The van der Waals surface area contributed by atoms with Crippen LogP contribution in [0.1, 0.15) is 18.4 Å². The molecule has 2 rings (SSSR count). The second-order valence-corrected chi connectivity index (χ2v) is 4.70. The van der Waals surface area contributed by atoms with Gasteiger partial charge in [-0.2, -0.15) is 0 Å². The Hall–Kier alpha value is -1.55. The average molecular weight is 233 g/mol. The Labute approximate surface area is 102 Å². The fraction of sp³-hybridized carbons (Fsp3) is 0.462. The summed E-state index contributed by atoms with van der Waals surface area (Å²) in [6.07, 6.45) is 2.11. The number of aromatic hydroxyl groups is 1. The fourth-order valence-electron chi connectivity index (χ4n) is 2.37. The monoisotopic (exact) mass is 233 g/mol. The molecule has 1 aliphatic rings. The molecule has 1 heterocycles. The minimum Gasteiger partial charge on any atom is -0.508 e. The van der Waals surface area contributed by atoms with Crippen molar-refractivity contribution in [3.05, 3.63) is 29.8 Å². The molecule has 0 amide bonds. The van der Waals surface area contributed by atoms with Crippen LogP contribution in [0.2, 0.25) is 0 Å². The molecule has 1 saturated heterocycles. The lowest BCUT2D eigenvalue weighted by Crippen LogP contribution is -2.40. The number of phenolic OH excluding ortho intramolecular Hbond substituents is 1. The Balaban J connectivity index is 1.97. The summed E-state index contributed by atoms with van der Waals surface area (Å²) >= 11 is 0. The van der Waals surface area contributed by atoms with E-state index in [1.54, 1.807) is 12.1 Å². The lowest BCUT2D eigenvalue weighted by molar-refractivity contribution is 0.195. The van der Waals surface area contributed by atoms with Crippen molar-refractivity contribution in [2.24, 2.45) is 11.7 Å². The number of nitrogens with one attached hydrogen (secondary N) is 1. The Morgan fingerprint density at radius 2 is 2.35 bits per heavy atom. The van der Waals surface area contributed by atoms with Crippen LogP contribution >= 0.6 is 0 Å².